The normalized spacial score (nSPS) is 15.0. The van der Waals surface area contributed by atoms with Gasteiger partial charge in [0.2, 0.25) is 0 Å². The molecule has 0 saturated heterocycles. The molecule has 0 unspecified atom stereocenters. The number of hydrogen-bond donors (Lipinski definition) is 1. The summed E-state index contributed by atoms with van der Waals surface area (Å²) in [6.45, 7) is 4.39. The van der Waals surface area contributed by atoms with E-state index >= 15 is 0 Å². The first-order valence-electron chi connectivity index (χ1n) is 7.35. The minimum Gasteiger partial charge on any atom is -0.372 e. The Hall–Kier alpha value is -1.17. The van der Waals surface area contributed by atoms with Crippen molar-refractivity contribution in [2.75, 3.05) is 12.4 Å². The van der Waals surface area contributed by atoms with Crippen LogP contribution in [0.5, 0.6) is 0 Å². The number of nitrogens with zero attached hydrogens (tertiary/aromatic N) is 2. The van der Waals surface area contributed by atoms with Crippen LogP contribution in [0.3, 0.4) is 0 Å². The van der Waals surface area contributed by atoms with Gasteiger partial charge < -0.3 is 5.32 Å². The molecule has 1 saturated carbocycles. The van der Waals surface area contributed by atoms with E-state index in [4.69, 9.17) is 9.97 Å². The van der Waals surface area contributed by atoms with Gasteiger partial charge in [-0.05, 0) is 54.8 Å². The molecule has 110 valence electrons. The van der Waals surface area contributed by atoms with Crippen LogP contribution in [-0.4, -0.2) is 17.0 Å². The van der Waals surface area contributed by atoms with E-state index in [9.17, 15) is 0 Å². The Bertz CT molecular complexity index is 649. The fraction of sp³-hybridized carbons (Fsp3) is 0.412. The van der Waals surface area contributed by atoms with Gasteiger partial charge in [0.25, 0.3) is 0 Å². The molecule has 1 fully saturated rings. The maximum Gasteiger partial charge on any atom is 0.143 e. The largest absolute Gasteiger partial charge is 0.372 e. The highest BCUT2D eigenvalue weighted by atomic mass is 127. The van der Waals surface area contributed by atoms with Gasteiger partial charge in [-0.1, -0.05) is 30.3 Å². The Balaban J connectivity index is 2.11. The Morgan fingerprint density at radius 1 is 1.14 bits per heavy atom. The molecule has 3 nitrogen and oxygen atoms in total. The Morgan fingerprint density at radius 2 is 1.81 bits per heavy atom. The average Bonchev–Trinajstić information content (AvgIpc) is 3.33. The van der Waals surface area contributed by atoms with E-state index in [2.05, 4.69) is 66.0 Å². The average molecular weight is 393 g/mol. The molecule has 1 aromatic carbocycles. The molecule has 0 bridgehead atoms. The molecule has 0 atom stereocenters. The van der Waals surface area contributed by atoms with Gasteiger partial charge in [-0.25, -0.2) is 9.97 Å². The third-order valence-corrected chi connectivity index (χ3v) is 5.20. The highest BCUT2D eigenvalue weighted by Crippen LogP contribution is 2.43. The predicted molar refractivity (Wildman–Crippen MR) is 94.8 cm³/mol. The number of aromatic nitrogens is 2. The van der Waals surface area contributed by atoms with Crippen molar-refractivity contribution in [3.05, 3.63) is 51.0 Å². The SMILES string of the molecule is CNc1nc(C(C)(C)c2ccccc2)nc(C2CC2)c1I. The molecule has 1 aliphatic carbocycles. The Kier molecular flexibility index (Phi) is 3.90. The zero-order chi connectivity index (χ0) is 15.0. The number of anilines is 1. The van der Waals surface area contributed by atoms with E-state index in [0.717, 1.165) is 11.6 Å². The maximum absolute atomic E-state index is 4.93. The molecule has 0 radical (unpaired) electrons. The summed E-state index contributed by atoms with van der Waals surface area (Å²) in [5.41, 5.74) is 2.27. The summed E-state index contributed by atoms with van der Waals surface area (Å²) in [5.74, 6) is 2.48. The van der Waals surface area contributed by atoms with Crippen molar-refractivity contribution in [3.63, 3.8) is 0 Å². The van der Waals surface area contributed by atoms with E-state index in [1.807, 2.05) is 13.1 Å². The smallest absolute Gasteiger partial charge is 0.143 e. The summed E-state index contributed by atoms with van der Waals surface area (Å²) in [5, 5.41) is 3.22. The second-order valence-electron chi connectivity index (χ2n) is 6.11. The highest BCUT2D eigenvalue weighted by molar-refractivity contribution is 14.1. The first-order valence-corrected chi connectivity index (χ1v) is 8.43. The minimum atomic E-state index is -0.194. The molecule has 3 rings (SSSR count). The zero-order valence-electron chi connectivity index (χ0n) is 12.7. The summed E-state index contributed by atoms with van der Waals surface area (Å²) in [4.78, 5) is 9.71. The number of benzene rings is 1. The van der Waals surface area contributed by atoms with E-state index in [-0.39, 0.29) is 5.41 Å². The summed E-state index contributed by atoms with van der Waals surface area (Å²) >= 11 is 2.37. The lowest BCUT2D eigenvalue weighted by Crippen LogP contribution is -2.24. The molecule has 1 heterocycles. The number of halogens is 1. The van der Waals surface area contributed by atoms with E-state index in [1.165, 1.54) is 27.7 Å². The second kappa shape index (κ2) is 5.55. The summed E-state index contributed by atoms with van der Waals surface area (Å²) < 4.78 is 1.17. The third kappa shape index (κ3) is 2.78. The molecular formula is C17H20IN3. The van der Waals surface area contributed by atoms with Gasteiger partial charge in [0.15, 0.2) is 0 Å². The minimum absolute atomic E-state index is 0.194. The molecule has 1 aromatic heterocycles. The fourth-order valence-electron chi connectivity index (χ4n) is 2.52. The van der Waals surface area contributed by atoms with Crippen LogP contribution in [0.2, 0.25) is 0 Å². The Morgan fingerprint density at radius 3 is 2.38 bits per heavy atom. The molecule has 0 amide bonds. The third-order valence-electron chi connectivity index (χ3n) is 4.13. The van der Waals surface area contributed by atoms with Gasteiger partial charge in [-0.2, -0.15) is 0 Å². The summed E-state index contributed by atoms with van der Waals surface area (Å²) in [6, 6.07) is 10.5. The lowest BCUT2D eigenvalue weighted by atomic mass is 9.83. The molecule has 1 aliphatic rings. The fourth-order valence-corrected chi connectivity index (χ4v) is 3.47. The van der Waals surface area contributed by atoms with E-state index in [1.54, 1.807) is 0 Å². The summed E-state index contributed by atoms with van der Waals surface area (Å²) in [6.07, 6.45) is 2.50. The Labute approximate surface area is 139 Å². The number of hydrogen-bond acceptors (Lipinski definition) is 3. The number of nitrogens with one attached hydrogen (secondary N) is 1. The lowest BCUT2D eigenvalue weighted by Gasteiger charge is -2.25. The van der Waals surface area contributed by atoms with Crippen molar-refractivity contribution in [2.45, 2.75) is 38.0 Å². The highest BCUT2D eigenvalue weighted by Gasteiger charge is 2.33. The molecule has 2 aromatic rings. The van der Waals surface area contributed by atoms with Crippen LogP contribution in [-0.2, 0) is 5.41 Å². The first-order chi connectivity index (χ1) is 10.0. The van der Waals surface area contributed by atoms with Crippen LogP contribution in [0.25, 0.3) is 0 Å². The van der Waals surface area contributed by atoms with Crippen molar-refractivity contribution in [3.8, 4) is 0 Å². The summed E-state index contributed by atoms with van der Waals surface area (Å²) in [7, 11) is 1.93. The zero-order valence-corrected chi connectivity index (χ0v) is 14.8. The molecule has 4 heteroatoms. The monoisotopic (exact) mass is 393 g/mol. The van der Waals surface area contributed by atoms with Crippen LogP contribution in [0, 0.1) is 3.57 Å². The molecule has 1 N–H and O–H groups in total. The van der Waals surface area contributed by atoms with Crippen molar-refractivity contribution >= 4 is 28.4 Å². The predicted octanol–water partition coefficient (Wildman–Crippen LogP) is 4.33. The van der Waals surface area contributed by atoms with Gasteiger partial charge in [0.05, 0.1) is 9.26 Å². The van der Waals surface area contributed by atoms with Gasteiger partial charge in [-0.15, -0.1) is 0 Å². The van der Waals surface area contributed by atoms with Gasteiger partial charge in [-0.3, -0.25) is 0 Å². The second-order valence-corrected chi connectivity index (χ2v) is 7.19. The van der Waals surface area contributed by atoms with Crippen molar-refractivity contribution < 1.29 is 0 Å². The standard InChI is InChI=1S/C17H20IN3/c1-17(2,12-7-5-4-6-8-12)16-20-14(11-9-10-11)13(18)15(19-3)21-16/h4-8,11H,9-10H2,1-3H3,(H,19,20,21). The molecule has 21 heavy (non-hydrogen) atoms. The quantitative estimate of drug-likeness (QED) is 0.786. The molecule has 0 spiro atoms. The van der Waals surface area contributed by atoms with Gasteiger partial charge in [0.1, 0.15) is 11.6 Å². The van der Waals surface area contributed by atoms with Crippen molar-refractivity contribution in [2.24, 2.45) is 0 Å². The maximum atomic E-state index is 4.93. The molecule has 0 aliphatic heterocycles. The van der Waals surface area contributed by atoms with Crippen LogP contribution < -0.4 is 5.32 Å². The van der Waals surface area contributed by atoms with Gasteiger partial charge >= 0.3 is 0 Å². The van der Waals surface area contributed by atoms with Gasteiger partial charge in [0, 0.05) is 18.4 Å². The first kappa shape index (κ1) is 14.8. The lowest BCUT2D eigenvalue weighted by molar-refractivity contribution is 0.585. The van der Waals surface area contributed by atoms with Crippen molar-refractivity contribution in [1.82, 2.24) is 9.97 Å². The topological polar surface area (TPSA) is 37.8 Å². The van der Waals surface area contributed by atoms with E-state index in [0.29, 0.717) is 5.92 Å². The number of rotatable bonds is 4. The van der Waals surface area contributed by atoms with Crippen LogP contribution in [0.1, 0.15) is 49.7 Å². The van der Waals surface area contributed by atoms with Crippen LogP contribution >= 0.6 is 22.6 Å². The van der Waals surface area contributed by atoms with Crippen molar-refractivity contribution in [1.29, 1.82) is 0 Å². The molecular weight excluding hydrogens is 373 g/mol. The van der Waals surface area contributed by atoms with Crippen LogP contribution in [0.4, 0.5) is 5.82 Å². The van der Waals surface area contributed by atoms with E-state index < -0.39 is 0 Å². The van der Waals surface area contributed by atoms with Crippen LogP contribution in [0.15, 0.2) is 30.3 Å².